The van der Waals surface area contributed by atoms with E-state index in [1.54, 1.807) is 44.2 Å². The third-order valence-electron chi connectivity index (χ3n) is 6.37. The second-order valence-electron chi connectivity index (χ2n) is 9.81. The molecule has 0 bridgehead atoms. The molecule has 41 heavy (non-hydrogen) atoms. The van der Waals surface area contributed by atoms with E-state index in [4.69, 9.17) is 19.0 Å². The summed E-state index contributed by atoms with van der Waals surface area (Å²) in [5.74, 6) is 0.567. The minimum Gasteiger partial charge on any atom is -0.493 e. The van der Waals surface area contributed by atoms with E-state index in [1.807, 2.05) is 37.3 Å². The molecule has 3 aromatic carbocycles. The fourth-order valence-corrected chi connectivity index (χ4v) is 4.30. The zero-order chi connectivity index (χ0) is 29.4. The molecule has 0 radical (unpaired) electrons. The van der Waals surface area contributed by atoms with E-state index in [0.29, 0.717) is 42.4 Å². The van der Waals surface area contributed by atoms with Gasteiger partial charge in [-0.3, -0.25) is 4.79 Å². The highest BCUT2D eigenvalue weighted by Crippen LogP contribution is 2.28. The lowest BCUT2D eigenvalue weighted by molar-refractivity contribution is -0.136. The molecule has 0 aliphatic rings. The average Bonchev–Trinajstić information content (AvgIpc) is 3.31. The van der Waals surface area contributed by atoms with Crippen LogP contribution in [0.4, 0.5) is 9.18 Å². The summed E-state index contributed by atoms with van der Waals surface area (Å²) in [6, 6.07) is 19.4. The maximum Gasteiger partial charge on any atom is 0.407 e. The molecule has 0 aliphatic carbocycles. The minimum absolute atomic E-state index is 0.0245. The van der Waals surface area contributed by atoms with Crippen molar-refractivity contribution in [3.8, 4) is 28.3 Å². The summed E-state index contributed by atoms with van der Waals surface area (Å²) in [5, 5.41) is 11.8. The molecule has 1 heterocycles. The number of nitrogens with zero attached hydrogens (tertiary/aromatic N) is 1. The van der Waals surface area contributed by atoms with Gasteiger partial charge >= 0.3 is 12.1 Å². The Labute approximate surface area is 238 Å². The van der Waals surface area contributed by atoms with Crippen molar-refractivity contribution in [1.82, 2.24) is 10.3 Å². The molecular weight excluding hydrogens is 527 g/mol. The number of oxazole rings is 1. The lowest BCUT2D eigenvalue weighted by atomic mass is 10.0. The first-order valence-electron chi connectivity index (χ1n) is 13.4. The lowest BCUT2D eigenvalue weighted by Gasteiger charge is -2.14. The first-order chi connectivity index (χ1) is 19.7. The molecule has 0 saturated carbocycles. The van der Waals surface area contributed by atoms with Crippen LogP contribution in [0.25, 0.3) is 22.6 Å². The number of hydrogen-bond donors (Lipinski definition) is 2. The number of hydrogen-bond acceptors (Lipinski definition) is 6. The number of amides is 1. The van der Waals surface area contributed by atoms with Crippen molar-refractivity contribution in [3.63, 3.8) is 0 Å². The van der Waals surface area contributed by atoms with Gasteiger partial charge in [-0.2, -0.15) is 0 Å². The minimum atomic E-state index is -0.896. The highest BCUT2D eigenvalue weighted by Gasteiger charge is 2.14. The van der Waals surface area contributed by atoms with Crippen LogP contribution >= 0.6 is 0 Å². The van der Waals surface area contributed by atoms with Crippen LogP contribution in [0.15, 0.2) is 71.1 Å². The SMILES string of the molecule is Cc1oc(-c2ccc(-c3ccccc3F)cc2)nc1CCOc1ccc(CCC(=O)O)c(CNC(=O)OC(C)C)c1. The van der Waals surface area contributed by atoms with Crippen molar-refractivity contribution in [1.29, 1.82) is 0 Å². The summed E-state index contributed by atoms with van der Waals surface area (Å²) in [6.07, 6.45) is -0.000710. The predicted octanol–water partition coefficient (Wildman–Crippen LogP) is 6.73. The molecule has 0 spiro atoms. The number of carbonyl (C=O) groups is 2. The monoisotopic (exact) mass is 560 g/mol. The van der Waals surface area contributed by atoms with Crippen LogP contribution in [-0.4, -0.2) is 34.9 Å². The van der Waals surface area contributed by atoms with Gasteiger partial charge in [0.25, 0.3) is 0 Å². The summed E-state index contributed by atoms with van der Waals surface area (Å²) in [7, 11) is 0. The number of halogens is 1. The van der Waals surface area contributed by atoms with Crippen LogP contribution in [0.1, 0.15) is 42.8 Å². The van der Waals surface area contributed by atoms with Crippen molar-refractivity contribution in [2.24, 2.45) is 0 Å². The highest BCUT2D eigenvalue weighted by atomic mass is 19.1. The molecule has 0 atom stereocenters. The van der Waals surface area contributed by atoms with Gasteiger partial charge in [0, 0.05) is 30.5 Å². The zero-order valence-corrected chi connectivity index (χ0v) is 23.3. The summed E-state index contributed by atoms with van der Waals surface area (Å²) in [4.78, 5) is 27.7. The first kappa shape index (κ1) is 29.3. The van der Waals surface area contributed by atoms with Crippen LogP contribution in [-0.2, 0) is 28.9 Å². The zero-order valence-electron chi connectivity index (χ0n) is 23.3. The third kappa shape index (κ3) is 8.17. The Hall–Kier alpha value is -4.66. The molecule has 4 aromatic rings. The van der Waals surface area contributed by atoms with Crippen LogP contribution < -0.4 is 10.1 Å². The molecule has 1 amide bonds. The molecular formula is C32H33FN2O6. The number of aryl methyl sites for hydroxylation is 2. The van der Waals surface area contributed by atoms with Gasteiger partial charge in [-0.15, -0.1) is 0 Å². The summed E-state index contributed by atoms with van der Waals surface area (Å²) in [5.41, 5.74) is 4.40. The van der Waals surface area contributed by atoms with Crippen molar-refractivity contribution < 1.29 is 33.0 Å². The second-order valence-corrected chi connectivity index (χ2v) is 9.81. The number of aliphatic carboxylic acids is 1. The predicted molar refractivity (Wildman–Crippen MR) is 152 cm³/mol. The number of alkyl carbamates (subject to hydrolysis) is 1. The standard InChI is InChI=1S/C32H33FN2O6/c1-20(2)40-32(38)34-19-25-18-26(14-12-22(25)13-15-30(36)37)39-17-16-29-21(3)41-31(35-29)24-10-8-23(9-11-24)27-6-4-5-7-28(27)33/h4-12,14,18,20H,13,15-17,19H2,1-3H3,(H,34,38)(H,36,37). The lowest BCUT2D eigenvalue weighted by Crippen LogP contribution is -2.26. The molecule has 0 fully saturated rings. The quantitative estimate of drug-likeness (QED) is 0.198. The summed E-state index contributed by atoms with van der Waals surface area (Å²) < 4.78 is 31.1. The first-order valence-corrected chi connectivity index (χ1v) is 13.4. The average molecular weight is 561 g/mol. The Morgan fingerprint density at radius 2 is 1.73 bits per heavy atom. The number of benzene rings is 3. The van der Waals surface area contributed by atoms with Gasteiger partial charge in [-0.1, -0.05) is 36.4 Å². The summed E-state index contributed by atoms with van der Waals surface area (Å²) in [6.45, 7) is 5.87. The van der Waals surface area contributed by atoms with Crippen LogP contribution in [0, 0.1) is 12.7 Å². The van der Waals surface area contributed by atoms with E-state index >= 15 is 0 Å². The molecule has 2 N–H and O–H groups in total. The van der Waals surface area contributed by atoms with Crippen molar-refractivity contribution in [2.75, 3.05) is 6.61 Å². The number of ether oxygens (including phenoxy) is 2. The molecule has 214 valence electrons. The molecule has 1 aromatic heterocycles. The molecule has 0 saturated heterocycles. The number of aromatic nitrogens is 1. The van der Waals surface area contributed by atoms with E-state index in [9.17, 15) is 14.0 Å². The van der Waals surface area contributed by atoms with E-state index < -0.39 is 12.1 Å². The van der Waals surface area contributed by atoms with Gasteiger partial charge in [0.1, 0.15) is 17.3 Å². The van der Waals surface area contributed by atoms with Crippen LogP contribution in [0.3, 0.4) is 0 Å². The number of carbonyl (C=O) groups excluding carboxylic acids is 1. The van der Waals surface area contributed by atoms with Crippen LogP contribution in [0.5, 0.6) is 5.75 Å². The van der Waals surface area contributed by atoms with Gasteiger partial charge in [-0.25, -0.2) is 14.2 Å². The molecule has 9 heteroatoms. The molecule has 8 nitrogen and oxygen atoms in total. The number of carboxylic acid groups (broad SMARTS) is 1. The fourth-order valence-electron chi connectivity index (χ4n) is 4.30. The Morgan fingerprint density at radius 1 is 1.00 bits per heavy atom. The van der Waals surface area contributed by atoms with E-state index in [1.165, 1.54) is 6.07 Å². The van der Waals surface area contributed by atoms with Crippen molar-refractivity contribution >= 4 is 12.1 Å². The van der Waals surface area contributed by atoms with Gasteiger partial charge in [0.05, 0.1) is 18.4 Å². The normalized spacial score (nSPS) is 11.0. The Morgan fingerprint density at radius 3 is 2.44 bits per heavy atom. The maximum absolute atomic E-state index is 14.1. The summed E-state index contributed by atoms with van der Waals surface area (Å²) >= 11 is 0. The van der Waals surface area contributed by atoms with Gasteiger partial charge in [0.15, 0.2) is 0 Å². The van der Waals surface area contributed by atoms with E-state index in [-0.39, 0.29) is 24.9 Å². The van der Waals surface area contributed by atoms with Crippen molar-refractivity contribution in [2.45, 2.75) is 52.7 Å². The van der Waals surface area contributed by atoms with Gasteiger partial charge < -0.3 is 24.3 Å². The Balaban J connectivity index is 1.39. The van der Waals surface area contributed by atoms with Gasteiger partial charge in [-0.05, 0) is 74.2 Å². The smallest absolute Gasteiger partial charge is 0.407 e. The molecule has 4 rings (SSSR count). The Kier molecular flexibility index (Phi) is 9.73. The van der Waals surface area contributed by atoms with Crippen molar-refractivity contribution in [3.05, 3.63) is 95.1 Å². The topological polar surface area (TPSA) is 111 Å². The Bertz CT molecular complexity index is 1500. The molecule has 0 unspecified atom stereocenters. The second kappa shape index (κ2) is 13.6. The largest absolute Gasteiger partial charge is 0.493 e. The van der Waals surface area contributed by atoms with E-state index in [2.05, 4.69) is 10.3 Å². The van der Waals surface area contributed by atoms with Crippen LogP contribution in [0.2, 0.25) is 0 Å². The number of rotatable bonds is 12. The third-order valence-corrected chi connectivity index (χ3v) is 6.37. The van der Waals surface area contributed by atoms with Gasteiger partial charge in [0.2, 0.25) is 5.89 Å². The fraction of sp³-hybridized carbons (Fsp3) is 0.281. The highest BCUT2D eigenvalue weighted by molar-refractivity contribution is 5.69. The number of nitrogens with one attached hydrogen (secondary N) is 1. The maximum atomic E-state index is 14.1. The molecule has 0 aliphatic heterocycles. The van der Waals surface area contributed by atoms with E-state index in [0.717, 1.165) is 27.9 Å². The number of carboxylic acids is 1.